The molecule has 0 saturated carbocycles. The third kappa shape index (κ3) is 3.41. The van der Waals surface area contributed by atoms with E-state index in [1.807, 2.05) is 22.9 Å². The van der Waals surface area contributed by atoms with Crippen LogP contribution in [0.4, 0.5) is 0 Å². The second-order valence-corrected chi connectivity index (χ2v) is 6.98. The monoisotopic (exact) mass is 360 g/mol. The smallest absolute Gasteiger partial charge is 0.270 e. The van der Waals surface area contributed by atoms with E-state index in [0.717, 1.165) is 15.9 Å². The molecule has 102 valence electrons. The first-order chi connectivity index (χ1) is 9.01. The van der Waals surface area contributed by atoms with Gasteiger partial charge < -0.3 is 9.47 Å². The van der Waals surface area contributed by atoms with Crippen LogP contribution in [0.2, 0.25) is 5.02 Å². The molecule has 2 rings (SSSR count). The molecule has 0 fully saturated rings. The molecule has 2 aromatic heterocycles. The second-order valence-electron chi connectivity index (χ2n) is 4.25. The van der Waals surface area contributed by atoms with Gasteiger partial charge in [0, 0.05) is 26.3 Å². The van der Waals surface area contributed by atoms with Crippen molar-refractivity contribution in [3.05, 3.63) is 43.8 Å². The number of hydrogen-bond acceptors (Lipinski definition) is 2. The van der Waals surface area contributed by atoms with Crippen LogP contribution in [0.5, 0.6) is 0 Å². The van der Waals surface area contributed by atoms with Crippen LogP contribution in [0.25, 0.3) is 0 Å². The topological polar surface area (TPSA) is 25.2 Å². The van der Waals surface area contributed by atoms with Crippen LogP contribution < -0.4 is 0 Å². The molecule has 0 aliphatic carbocycles. The average Bonchev–Trinajstić information content (AvgIpc) is 2.94. The molecule has 0 aliphatic rings. The van der Waals surface area contributed by atoms with Gasteiger partial charge in [0.2, 0.25) is 0 Å². The average molecular weight is 362 g/mol. The minimum atomic E-state index is -0.0175. The normalized spacial score (nSPS) is 10.7. The first kappa shape index (κ1) is 14.6. The molecule has 0 N–H and O–H groups in total. The molecule has 0 spiro atoms. The van der Waals surface area contributed by atoms with Crippen molar-refractivity contribution >= 4 is 44.8 Å². The lowest BCUT2D eigenvalue weighted by Crippen LogP contribution is -2.27. The number of amides is 1. The van der Waals surface area contributed by atoms with Crippen molar-refractivity contribution in [1.29, 1.82) is 0 Å². The molecule has 0 unspecified atom stereocenters. The summed E-state index contributed by atoms with van der Waals surface area (Å²) in [6, 6.07) is 3.74. The lowest BCUT2D eigenvalue weighted by Gasteiger charge is -2.17. The number of rotatable bonds is 4. The summed E-state index contributed by atoms with van der Waals surface area (Å²) in [5.41, 5.74) is 1.75. The van der Waals surface area contributed by atoms with Crippen molar-refractivity contribution in [2.75, 3.05) is 7.05 Å². The highest BCUT2D eigenvalue weighted by molar-refractivity contribution is 9.11. The quantitative estimate of drug-likeness (QED) is 0.799. The van der Waals surface area contributed by atoms with Gasteiger partial charge in [-0.15, -0.1) is 11.3 Å². The number of nitrogens with zero attached hydrogens (tertiary/aromatic N) is 2. The SMILES string of the molecule is CCn1cc(Cl)cc1C(=O)N(C)Cc1csc(Br)c1. The van der Waals surface area contributed by atoms with Crippen molar-refractivity contribution in [2.45, 2.75) is 20.0 Å². The third-order valence-electron chi connectivity index (χ3n) is 2.81. The zero-order chi connectivity index (χ0) is 14.0. The van der Waals surface area contributed by atoms with E-state index in [0.29, 0.717) is 17.3 Å². The van der Waals surface area contributed by atoms with E-state index in [1.165, 1.54) is 0 Å². The van der Waals surface area contributed by atoms with Crippen molar-refractivity contribution in [3.63, 3.8) is 0 Å². The summed E-state index contributed by atoms with van der Waals surface area (Å²) in [5.74, 6) is -0.0175. The summed E-state index contributed by atoms with van der Waals surface area (Å²) in [5, 5.41) is 2.64. The molecular formula is C13H14BrClN2OS. The minimum Gasteiger partial charge on any atom is -0.342 e. The number of carbonyl (C=O) groups is 1. The van der Waals surface area contributed by atoms with E-state index in [-0.39, 0.29) is 5.91 Å². The number of halogens is 2. The maximum absolute atomic E-state index is 12.4. The Morgan fingerprint density at radius 2 is 2.26 bits per heavy atom. The Bertz CT molecular complexity index is 593. The van der Waals surface area contributed by atoms with Gasteiger partial charge in [0.25, 0.3) is 5.91 Å². The predicted octanol–water partition coefficient (Wildman–Crippen LogP) is 4.26. The van der Waals surface area contributed by atoms with Crippen LogP contribution in [0.1, 0.15) is 23.0 Å². The summed E-state index contributed by atoms with van der Waals surface area (Å²) in [7, 11) is 1.80. The van der Waals surface area contributed by atoms with Gasteiger partial charge in [-0.05, 0) is 45.9 Å². The van der Waals surface area contributed by atoms with Crippen LogP contribution >= 0.6 is 38.9 Å². The highest BCUT2D eigenvalue weighted by Gasteiger charge is 2.17. The molecule has 3 nitrogen and oxygen atoms in total. The van der Waals surface area contributed by atoms with E-state index in [9.17, 15) is 4.79 Å². The molecule has 0 radical (unpaired) electrons. The Balaban J connectivity index is 2.14. The van der Waals surface area contributed by atoms with E-state index < -0.39 is 0 Å². The van der Waals surface area contributed by atoms with E-state index in [2.05, 4.69) is 15.9 Å². The Morgan fingerprint density at radius 3 is 2.84 bits per heavy atom. The van der Waals surface area contributed by atoms with Gasteiger partial charge in [0.05, 0.1) is 8.81 Å². The molecule has 0 aliphatic heterocycles. The van der Waals surface area contributed by atoms with Gasteiger partial charge in [0.15, 0.2) is 0 Å². The fraction of sp³-hybridized carbons (Fsp3) is 0.308. The van der Waals surface area contributed by atoms with Crippen LogP contribution in [0.3, 0.4) is 0 Å². The molecule has 0 saturated heterocycles. The number of thiophene rings is 1. The Labute approximate surface area is 129 Å². The predicted molar refractivity (Wildman–Crippen MR) is 82.9 cm³/mol. The van der Waals surface area contributed by atoms with Crippen molar-refractivity contribution in [1.82, 2.24) is 9.47 Å². The largest absolute Gasteiger partial charge is 0.342 e. The van der Waals surface area contributed by atoms with Gasteiger partial charge in [-0.25, -0.2) is 0 Å². The number of aromatic nitrogens is 1. The van der Waals surface area contributed by atoms with Gasteiger partial charge >= 0.3 is 0 Å². The van der Waals surface area contributed by atoms with Crippen molar-refractivity contribution in [2.24, 2.45) is 0 Å². The van der Waals surface area contributed by atoms with Crippen molar-refractivity contribution in [3.8, 4) is 0 Å². The van der Waals surface area contributed by atoms with Crippen LogP contribution in [-0.2, 0) is 13.1 Å². The Kier molecular flexibility index (Phi) is 4.71. The van der Waals surface area contributed by atoms with E-state index >= 15 is 0 Å². The standard InChI is InChI=1S/C13H14BrClN2OS/c1-3-17-7-10(15)5-11(17)13(18)16(2)6-9-4-12(14)19-8-9/h4-5,7-8H,3,6H2,1-2H3. The zero-order valence-electron chi connectivity index (χ0n) is 10.7. The number of aryl methyl sites for hydroxylation is 1. The molecular weight excluding hydrogens is 348 g/mol. The molecule has 1 amide bonds. The minimum absolute atomic E-state index is 0.0175. The lowest BCUT2D eigenvalue weighted by molar-refractivity contribution is 0.0774. The van der Waals surface area contributed by atoms with E-state index in [1.54, 1.807) is 35.5 Å². The van der Waals surface area contributed by atoms with Crippen LogP contribution in [-0.4, -0.2) is 22.4 Å². The van der Waals surface area contributed by atoms with Crippen LogP contribution in [0.15, 0.2) is 27.5 Å². The van der Waals surface area contributed by atoms with Gasteiger partial charge in [-0.3, -0.25) is 4.79 Å². The highest BCUT2D eigenvalue weighted by Crippen LogP contribution is 2.22. The Morgan fingerprint density at radius 1 is 1.53 bits per heavy atom. The van der Waals surface area contributed by atoms with Crippen molar-refractivity contribution < 1.29 is 4.79 Å². The second kappa shape index (κ2) is 6.11. The maximum Gasteiger partial charge on any atom is 0.270 e. The van der Waals surface area contributed by atoms with Gasteiger partial charge in [-0.1, -0.05) is 11.6 Å². The molecule has 19 heavy (non-hydrogen) atoms. The summed E-state index contributed by atoms with van der Waals surface area (Å²) in [6.45, 7) is 3.31. The summed E-state index contributed by atoms with van der Waals surface area (Å²) in [4.78, 5) is 14.1. The summed E-state index contributed by atoms with van der Waals surface area (Å²) < 4.78 is 2.94. The zero-order valence-corrected chi connectivity index (χ0v) is 13.8. The van der Waals surface area contributed by atoms with E-state index in [4.69, 9.17) is 11.6 Å². The molecule has 0 atom stereocenters. The third-order valence-corrected chi connectivity index (χ3v) is 4.57. The molecule has 0 aromatic carbocycles. The Hall–Kier alpha value is -0.780. The summed E-state index contributed by atoms with van der Waals surface area (Å²) >= 11 is 11.0. The fourth-order valence-electron chi connectivity index (χ4n) is 1.89. The highest BCUT2D eigenvalue weighted by atomic mass is 79.9. The molecule has 2 heterocycles. The maximum atomic E-state index is 12.4. The van der Waals surface area contributed by atoms with Crippen LogP contribution in [0, 0.1) is 0 Å². The van der Waals surface area contributed by atoms with Gasteiger partial charge in [-0.2, -0.15) is 0 Å². The summed E-state index contributed by atoms with van der Waals surface area (Å²) in [6.07, 6.45) is 1.78. The molecule has 2 aromatic rings. The van der Waals surface area contributed by atoms with Gasteiger partial charge in [0.1, 0.15) is 5.69 Å². The number of carbonyl (C=O) groups excluding carboxylic acids is 1. The number of hydrogen-bond donors (Lipinski definition) is 0. The first-order valence-corrected chi connectivity index (χ1v) is 7.90. The first-order valence-electron chi connectivity index (χ1n) is 5.85. The molecule has 6 heteroatoms. The molecule has 0 bridgehead atoms. The lowest BCUT2D eigenvalue weighted by atomic mass is 10.3. The fourth-order valence-corrected chi connectivity index (χ4v) is 3.31.